The van der Waals surface area contributed by atoms with E-state index < -0.39 is 11.7 Å². The third kappa shape index (κ3) is 1.41. The van der Waals surface area contributed by atoms with Crippen molar-refractivity contribution in [1.82, 2.24) is 0 Å². The van der Waals surface area contributed by atoms with Crippen molar-refractivity contribution in [2.75, 3.05) is 0 Å². The van der Waals surface area contributed by atoms with Gasteiger partial charge in [-0.1, -0.05) is 0 Å². The van der Waals surface area contributed by atoms with Gasteiger partial charge >= 0.3 is 6.18 Å². The van der Waals surface area contributed by atoms with E-state index in [-0.39, 0.29) is 11.0 Å². The van der Waals surface area contributed by atoms with Gasteiger partial charge in [0.15, 0.2) is 0 Å². The average Bonchev–Trinajstić information content (AvgIpc) is 2.50. The number of fused-ring (bicyclic) bond motifs is 1. The number of hydrogen-bond acceptors (Lipinski definition) is 1. The summed E-state index contributed by atoms with van der Waals surface area (Å²) in [7, 11) is 0. The minimum absolute atomic E-state index is 0.0758. The van der Waals surface area contributed by atoms with Crippen LogP contribution < -0.4 is 0 Å². The highest BCUT2D eigenvalue weighted by atomic mass is 79.9. The van der Waals surface area contributed by atoms with Crippen LogP contribution in [0, 0.1) is 0 Å². The molecule has 5 heteroatoms. The first kappa shape index (κ1) is 9.58. The van der Waals surface area contributed by atoms with Crippen LogP contribution in [0.25, 0.3) is 11.0 Å². The Morgan fingerprint density at radius 3 is 2.50 bits per heavy atom. The molecule has 0 spiro atoms. The second-order valence-corrected chi connectivity index (χ2v) is 3.61. The van der Waals surface area contributed by atoms with Gasteiger partial charge in [-0.05, 0) is 34.1 Å². The van der Waals surface area contributed by atoms with Gasteiger partial charge in [-0.3, -0.25) is 0 Å². The number of halogens is 4. The molecule has 14 heavy (non-hydrogen) atoms. The van der Waals surface area contributed by atoms with Crippen LogP contribution in [0.5, 0.6) is 0 Å². The fraction of sp³-hybridized carbons (Fsp3) is 0.111. The van der Waals surface area contributed by atoms with Crippen molar-refractivity contribution in [3.63, 3.8) is 0 Å². The van der Waals surface area contributed by atoms with Gasteiger partial charge in [0, 0.05) is 5.39 Å². The molecule has 1 nitrogen and oxygen atoms in total. The van der Waals surface area contributed by atoms with Gasteiger partial charge < -0.3 is 4.42 Å². The van der Waals surface area contributed by atoms with Crippen molar-refractivity contribution >= 4 is 26.9 Å². The van der Waals surface area contributed by atoms with E-state index in [9.17, 15) is 13.2 Å². The summed E-state index contributed by atoms with van der Waals surface area (Å²) in [5.74, 6) is 0. The zero-order valence-corrected chi connectivity index (χ0v) is 8.32. The third-order valence-electron chi connectivity index (χ3n) is 1.87. The molecular formula is C9H4BrF3O. The molecule has 0 saturated heterocycles. The summed E-state index contributed by atoms with van der Waals surface area (Å²) in [6.07, 6.45) is -3.10. The minimum atomic E-state index is -4.34. The highest BCUT2D eigenvalue weighted by Crippen LogP contribution is 2.37. The largest absolute Gasteiger partial charge is 0.463 e. The lowest BCUT2D eigenvalue weighted by atomic mass is 10.1. The summed E-state index contributed by atoms with van der Waals surface area (Å²) < 4.78 is 42.9. The molecule has 0 radical (unpaired) electrons. The molecule has 0 fully saturated rings. The van der Waals surface area contributed by atoms with Crippen LogP contribution >= 0.6 is 15.9 Å². The van der Waals surface area contributed by atoms with Crippen molar-refractivity contribution in [2.45, 2.75) is 6.18 Å². The molecule has 0 saturated carbocycles. The quantitative estimate of drug-likeness (QED) is 0.695. The molecule has 1 aromatic carbocycles. The van der Waals surface area contributed by atoms with Crippen molar-refractivity contribution < 1.29 is 17.6 Å². The summed E-state index contributed by atoms with van der Waals surface area (Å²) in [4.78, 5) is 0. The fourth-order valence-corrected chi connectivity index (χ4v) is 1.71. The van der Waals surface area contributed by atoms with Crippen LogP contribution in [0.2, 0.25) is 0 Å². The van der Waals surface area contributed by atoms with E-state index >= 15 is 0 Å². The van der Waals surface area contributed by atoms with Crippen molar-refractivity contribution in [3.05, 3.63) is 34.5 Å². The molecule has 0 bridgehead atoms. The molecule has 0 aliphatic rings. The molecule has 1 aromatic heterocycles. The lowest BCUT2D eigenvalue weighted by Crippen LogP contribution is -2.04. The predicted octanol–water partition coefficient (Wildman–Crippen LogP) is 4.21. The normalized spacial score (nSPS) is 12.3. The number of rotatable bonds is 0. The zero-order chi connectivity index (χ0) is 10.3. The molecular weight excluding hydrogens is 261 g/mol. The Kier molecular flexibility index (Phi) is 2.06. The smallest absolute Gasteiger partial charge is 0.417 e. The van der Waals surface area contributed by atoms with E-state index in [0.29, 0.717) is 4.47 Å². The second kappa shape index (κ2) is 3.02. The summed E-state index contributed by atoms with van der Waals surface area (Å²) in [5.41, 5.74) is -0.454. The van der Waals surface area contributed by atoms with E-state index in [0.717, 1.165) is 6.07 Å². The molecule has 0 aliphatic heterocycles. The monoisotopic (exact) mass is 264 g/mol. The van der Waals surface area contributed by atoms with Gasteiger partial charge in [0.25, 0.3) is 0 Å². The topological polar surface area (TPSA) is 13.1 Å². The summed E-state index contributed by atoms with van der Waals surface area (Å²) >= 11 is 3.12. The summed E-state index contributed by atoms with van der Waals surface area (Å²) in [5, 5.41) is 0.0758. The van der Waals surface area contributed by atoms with E-state index in [1.807, 2.05) is 0 Å². The number of benzene rings is 1. The maximum atomic E-state index is 12.5. The Bertz CT molecular complexity index is 472. The third-order valence-corrected chi connectivity index (χ3v) is 2.50. The Balaban J connectivity index is 2.80. The van der Waals surface area contributed by atoms with E-state index in [1.165, 1.54) is 18.4 Å². The molecule has 0 atom stereocenters. The van der Waals surface area contributed by atoms with Crippen LogP contribution in [0.1, 0.15) is 5.56 Å². The van der Waals surface area contributed by atoms with Gasteiger partial charge in [-0.2, -0.15) is 13.2 Å². The highest BCUT2D eigenvalue weighted by Gasteiger charge is 2.33. The highest BCUT2D eigenvalue weighted by molar-refractivity contribution is 9.10. The molecule has 0 amide bonds. The summed E-state index contributed by atoms with van der Waals surface area (Å²) in [6, 6.07) is 3.67. The van der Waals surface area contributed by atoms with Gasteiger partial charge in [0.05, 0.1) is 16.3 Å². The van der Waals surface area contributed by atoms with Crippen LogP contribution in [-0.2, 0) is 6.18 Å². The molecule has 2 aromatic rings. The van der Waals surface area contributed by atoms with Gasteiger partial charge in [0.2, 0.25) is 0 Å². The minimum Gasteiger partial charge on any atom is -0.463 e. The number of hydrogen-bond donors (Lipinski definition) is 0. The van der Waals surface area contributed by atoms with Gasteiger partial charge in [0.1, 0.15) is 5.58 Å². The molecule has 0 aliphatic carbocycles. The van der Waals surface area contributed by atoms with Gasteiger partial charge in [-0.15, -0.1) is 0 Å². The van der Waals surface area contributed by atoms with E-state index in [2.05, 4.69) is 15.9 Å². The lowest BCUT2D eigenvalue weighted by molar-refractivity contribution is -0.136. The van der Waals surface area contributed by atoms with Crippen molar-refractivity contribution in [1.29, 1.82) is 0 Å². The molecule has 74 valence electrons. The van der Waals surface area contributed by atoms with E-state index in [4.69, 9.17) is 4.42 Å². The van der Waals surface area contributed by atoms with Gasteiger partial charge in [-0.25, -0.2) is 0 Å². The average molecular weight is 265 g/mol. The second-order valence-electron chi connectivity index (χ2n) is 2.76. The van der Waals surface area contributed by atoms with Crippen molar-refractivity contribution in [3.8, 4) is 0 Å². The Morgan fingerprint density at radius 1 is 1.14 bits per heavy atom. The number of furan rings is 1. The van der Waals surface area contributed by atoms with Crippen LogP contribution in [0.4, 0.5) is 13.2 Å². The Labute approximate surface area is 85.6 Å². The molecule has 2 rings (SSSR count). The number of alkyl halides is 3. The fourth-order valence-electron chi connectivity index (χ4n) is 1.28. The first-order valence-corrected chi connectivity index (χ1v) is 4.52. The maximum absolute atomic E-state index is 12.5. The standard InChI is InChI=1S/C9H4BrF3O/c10-7-2-1-6(9(11,12)13)5-3-4-14-8(5)7/h1-4H. The molecule has 0 unspecified atom stereocenters. The van der Waals surface area contributed by atoms with Crippen LogP contribution in [0.15, 0.2) is 33.4 Å². The first-order valence-electron chi connectivity index (χ1n) is 3.73. The van der Waals surface area contributed by atoms with Crippen molar-refractivity contribution in [2.24, 2.45) is 0 Å². The molecule has 1 heterocycles. The van der Waals surface area contributed by atoms with Crippen LogP contribution in [-0.4, -0.2) is 0 Å². The Hall–Kier alpha value is -0.970. The maximum Gasteiger partial charge on any atom is 0.417 e. The lowest BCUT2D eigenvalue weighted by Gasteiger charge is -2.07. The SMILES string of the molecule is FC(F)(F)c1ccc(Br)c2occc12. The zero-order valence-electron chi connectivity index (χ0n) is 6.73. The molecule has 0 N–H and O–H groups in total. The summed E-state index contributed by atoms with van der Waals surface area (Å²) in [6.45, 7) is 0. The first-order chi connectivity index (χ1) is 6.50. The Morgan fingerprint density at radius 2 is 1.86 bits per heavy atom. The van der Waals surface area contributed by atoms with Crippen LogP contribution in [0.3, 0.4) is 0 Å². The van der Waals surface area contributed by atoms with E-state index in [1.54, 1.807) is 0 Å². The predicted molar refractivity (Wildman–Crippen MR) is 48.9 cm³/mol.